The number of rotatable bonds is 43. The van der Waals surface area contributed by atoms with Crippen molar-refractivity contribution in [3.05, 3.63) is 0 Å². The van der Waals surface area contributed by atoms with Gasteiger partial charge in [0.25, 0.3) is 0 Å². The summed E-state index contributed by atoms with van der Waals surface area (Å²) < 4.78 is 32.7. The van der Waals surface area contributed by atoms with Crippen molar-refractivity contribution in [2.45, 2.75) is 238 Å². The van der Waals surface area contributed by atoms with Crippen molar-refractivity contribution in [1.82, 2.24) is 0 Å². The highest BCUT2D eigenvalue weighted by Crippen LogP contribution is 2.43. The average molecular weight is 776 g/mol. The second-order valence-corrected chi connectivity index (χ2v) is 16.7. The Balaban J connectivity index is 3.98. The van der Waals surface area contributed by atoms with Gasteiger partial charge in [0.1, 0.15) is 6.61 Å². The molecule has 0 rings (SSSR count). The van der Waals surface area contributed by atoms with Crippen molar-refractivity contribution in [2.24, 2.45) is 5.73 Å². The Morgan fingerprint density at radius 3 is 1.15 bits per heavy atom. The molecule has 0 saturated carbocycles. The minimum atomic E-state index is -4.37. The zero-order chi connectivity index (χ0) is 38.9. The number of unbranched alkanes of at least 4 members (excludes halogenated alkanes) is 30. The van der Waals surface area contributed by atoms with E-state index in [9.17, 15) is 19.0 Å². The molecule has 0 saturated heterocycles. The predicted octanol–water partition coefficient (Wildman–Crippen LogP) is 12.8. The number of nitrogens with two attached hydrogens (primary N) is 1. The first-order chi connectivity index (χ1) is 25.8. The lowest BCUT2D eigenvalue weighted by molar-refractivity contribution is -0.161. The van der Waals surface area contributed by atoms with Crippen LogP contribution in [0.15, 0.2) is 0 Å². The van der Waals surface area contributed by atoms with Crippen molar-refractivity contribution >= 4 is 19.8 Å². The number of ether oxygens (including phenoxy) is 2. The van der Waals surface area contributed by atoms with Gasteiger partial charge in [-0.2, -0.15) is 0 Å². The van der Waals surface area contributed by atoms with E-state index in [2.05, 4.69) is 13.8 Å². The van der Waals surface area contributed by atoms with Crippen molar-refractivity contribution in [1.29, 1.82) is 0 Å². The van der Waals surface area contributed by atoms with Crippen LogP contribution in [0.1, 0.15) is 232 Å². The summed E-state index contributed by atoms with van der Waals surface area (Å²) in [5, 5.41) is 0. The van der Waals surface area contributed by atoms with Crippen LogP contribution in [0.25, 0.3) is 0 Å². The minimum absolute atomic E-state index is 0.0580. The van der Waals surface area contributed by atoms with Gasteiger partial charge in [0.15, 0.2) is 6.10 Å². The van der Waals surface area contributed by atoms with E-state index < -0.39 is 26.5 Å². The molecule has 0 aliphatic rings. The molecule has 0 aliphatic heterocycles. The van der Waals surface area contributed by atoms with E-state index in [4.69, 9.17) is 24.3 Å². The summed E-state index contributed by atoms with van der Waals surface area (Å²) in [6.07, 6.45) is 40.0. The zero-order valence-corrected chi connectivity index (χ0v) is 35.7. The molecule has 0 aromatic rings. The second kappa shape index (κ2) is 40.7. The van der Waals surface area contributed by atoms with Crippen LogP contribution in [0.5, 0.6) is 0 Å². The lowest BCUT2D eigenvalue weighted by atomic mass is 10.0. The predicted molar refractivity (Wildman–Crippen MR) is 220 cm³/mol. The molecule has 3 N–H and O–H groups in total. The quantitative estimate of drug-likeness (QED) is 0.0352. The molecule has 0 spiro atoms. The van der Waals surface area contributed by atoms with Crippen LogP contribution in [0.2, 0.25) is 0 Å². The Morgan fingerprint density at radius 1 is 0.491 bits per heavy atom. The van der Waals surface area contributed by atoms with Gasteiger partial charge in [-0.05, 0) is 12.8 Å². The SMILES string of the molecule is CCCCCCCCCCCCCCCCCCCCCCCCC(=O)OC(COC(=O)CCCCCCCCCCCC)COP(=O)(O)OCCN. The smallest absolute Gasteiger partial charge is 0.462 e. The lowest BCUT2D eigenvalue weighted by Gasteiger charge is -2.19. The number of esters is 2. The number of hydrogen-bond donors (Lipinski definition) is 2. The molecular weight excluding hydrogens is 689 g/mol. The van der Waals surface area contributed by atoms with E-state index in [0.29, 0.717) is 6.42 Å². The van der Waals surface area contributed by atoms with E-state index in [0.717, 1.165) is 32.1 Å². The highest BCUT2D eigenvalue weighted by atomic mass is 31.2. The number of phosphoric acid groups is 1. The van der Waals surface area contributed by atoms with Gasteiger partial charge in [0.05, 0.1) is 13.2 Å². The fourth-order valence-electron chi connectivity index (χ4n) is 6.64. The molecule has 9 nitrogen and oxygen atoms in total. The normalized spacial score (nSPS) is 13.2. The Labute approximate surface area is 327 Å². The standard InChI is InChI=1S/C43H86NO8P/c1-3-5-7-9-11-13-15-16-17-18-19-20-21-22-23-24-25-26-28-30-32-34-36-43(46)52-41(40-51-53(47,48)50-38-37-44)39-49-42(45)35-33-31-29-27-14-12-10-8-6-4-2/h41H,3-40,44H2,1-2H3,(H,47,48). The van der Waals surface area contributed by atoms with Crippen LogP contribution in [0.4, 0.5) is 0 Å². The fourth-order valence-corrected chi connectivity index (χ4v) is 7.40. The van der Waals surface area contributed by atoms with Crippen molar-refractivity contribution < 1.29 is 37.6 Å². The van der Waals surface area contributed by atoms with Crippen LogP contribution >= 0.6 is 7.82 Å². The van der Waals surface area contributed by atoms with Gasteiger partial charge in [0.2, 0.25) is 0 Å². The first-order valence-corrected chi connectivity index (χ1v) is 24.0. The molecule has 10 heteroatoms. The maximum atomic E-state index is 12.6. The second-order valence-electron chi connectivity index (χ2n) is 15.3. The van der Waals surface area contributed by atoms with E-state index in [1.165, 1.54) is 167 Å². The molecule has 2 atom stereocenters. The van der Waals surface area contributed by atoms with Crippen molar-refractivity contribution in [2.75, 3.05) is 26.4 Å². The summed E-state index contributed by atoms with van der Waals surface area (Å²) in [5.74, 6) is -0.815. The summed E-state index contributed by atoms with van der Waals surface area (Å²) in [6.45, 7) is 3.76. The molecule has 0 radical (unpaired) electrons. The molecule has 0 aliphatic carbocycles. The summed E-state index contributed by atoms with van der Waals surface area (Å²) >= 11 is 0. The van der Waals surface area contributed by atoms with Crippen LogP contribution in [-0.4, -0.2) is 49.3 Å². The molecule has 316 valence electrons. The number of hydrogen-bond acceptors (Lipinski definition) is 8. The van der Waals surface area contributed by atoms with Crippen LogP contribution in [-0.2, 0) is 32.7 Å². The average Bonchev–Trinajstić information content (AvgIpc) is 3.14. The number of carbonyl (C=O) groups excluding carboxylic acids is 2. The Hall–Kier alpha value is -0.990. The topological polar surface area (TPSA) is 134 Å². The van der Waals surface area contributed by atoms with Gasteiger partial charge >= 0.3 is 19.8 Å². The largest absolute Gasteiger partial charge is 0.472 e. The van der Waals surface area contributed by atoms with E-state index in [-0.39, 0.29) is 38.6 Å². The minimum Gasteiger partial charge on any atom is -0.462 e. The molecule has 0 fully saturated rings. The maximum Gasteiger partial charge on any atom is 0.472 e. The molecule has 0 aromatic heterocycles. The van der Waals surface area contributed by atoms with Crippen LogP contribution in [0, 0.1) is 0 Å². The summed E-state index contributed by atoms with van der Waals surface area (Å²) in [7, 11) is -4.37. The third-order valence-corrected chi connectivity index (χ3v) is 11.0. The Bertz CT molecular complexity index is 845. The Morgan fingerprint density at radius 2 is 0.811 bits per heavy atom. The van der Waals surface area contributed by atoms with Gasteiger partial charge in [-0.15, -0.1) is 0 Å². The summed E-state index contributed by atoms with van der Waals surface area (Å²) in [6, 6.07) is 0. The van der Waals surface area contributed by atoms with Gasteiger partial charge in [-0.1, -0.05) is 206 Å². The first kappa shape index (κ1) is 52.0. The summed E-state index contributed by atoms with van der Waals surface area (Å²) in [5.41, 5.74) is 5.34. The monoisotopic (exact) mass is 776 g/mol. The fraction of sp³-hybridized carbons (Fsp3) is 0.953. The Kier molecular flexibility index (Phi) is 39.9. The molecule has 53 heavy (non-hydrogen) atoms. The molecular formula is C43H86NO8P. The molecule has 0 heterocycles. The van der Waals surface area contributed by atoms with Crippen molar-refractivity contribution in [3.8, 4) is 0 Å². The van der Waals surface area contributed by atoms with Crippen molar-refractivity contribution in [3.63, 3.8) is 0 Å². The molecule has 2 unspecified atom stereocenters. The van der Waals surface area contributed by atoms with E-state index in [1.54, 1.807) is 0 Å². The van der Waals surface area contributed by atoms with E-state index >= 15 is 0 Å². The molecule has 0 bridgehead atoms. The highest BCUT2D eigenvalue weighted by Gasteiger charge is 2.26. The van der Waals surface area contributed by atoms with Gasteiger partial charge in [-0.25, -0.2) is 4.57 Å². The molecule has 0 aromatic carbocycles. The van der Waals surface area contributed by atoms with Gasteiger partial charge < -0.3 is 20.1 Å². The lowest BCUT2D eigenvalue weighted by Crippen LogP contribution is -2.29. The number of phosphoric ester groups is 1. The summed E-state index contributed by atoms with van der Waals surface area (Å²) in [4.78, 5) is 34.8. The third-order valence-electron chi connectivity index (χ3n) is 9.99. The van der Waals surface area contributed by atoms with E-state index in [1.807, 2.05) is 0 Å². The molecule has 0 amide bonds. The first-order valence-electron chi connectivity index (χ1n) is 22.5. The van der Waals surface area contributed by atoms with Crippen LogP contribution in [0.3, 0.4) is 0 Å². The third kappa shape index (κ3) is 40.5. The zero-order valence-electron chi connectivity index (χ0n) is 34.8. The van der Waals surface area contributed by atoms with Gasteiger partial charge in [-0.3, -0.25) is 18.6 Å². The van der Waals surface area contributed by atoms with Gasteiger partial charge in [0, 0.05) is 19.4 Å². The maximum absolute atomic E-state index is 12.6. The van der Waals surface area contributed by atoms with Crippen LogP contribution < -0.4 is 5.73 Å². The number of carbonyl (C=O) groups is 2. The highest BCUT2D eigenvalue weighted by molar-refractivity contribution is 7.47.